The van der Waals surface area contributed by atoms with Crippen LogP contribution >= 0.6 is 0 Å². The predicted molar refractivity (Wildman–Crippen MR) is 174 cm³/mol. The monoisotopic (exact) mass is 624 g/mol. The molecule has 1 fully saturated rings. The van der Waals surface area contributed by atoms with Crippen LogP contribution < -0.4 is 20.7 Å². The lowest BCUT2D eigenvalue weighted by molar-refractivity contribution is -0.119. The summed E-state index contributed by atoms with van der Waals surface area (Å²) in [6.45, 7) is 3.06. The van der Waals surface area contributed by atoms with Crippen molar-refractivity contribution in [3.63, 3.8) is 0 Å². The van der Waals surface area contributed by atoms with Gasteiger partial charge in [-0.3, -0.25) is 14.3 Å². The van der Waals surface area contributed by atoms with Crippen molar-refractivity contribution in [3.8, 4) is 11.1 Å². The van der Waals surface area contributed by atoms with Gasteiger partial charge < -0.3 is 16.0 Å². The lowest BCUT2D eigenvalue weighted by Gasteiger charge is -2.30. The second kappa shape index (κ2) is 12.7. The molecule has 2 amide bonds. The number of nitrogens with one attached hydrogen (secondary N) is 2. The van der Waals surface area contributed by atoms with Crippen LogP contribution in [0.1, 0.15) is 52.9 Å². The quantitative estimate of drug-likeness (QED) is 0.213. The summed E-state index contributed by atoms with van der Waals surface area (Å²) in [5.74, 6) is 0.270. The molecule has 0 bridgehead atoms. The third-order valence-corrected chi connectivity index (χ3v) is 9.64. The van der Waals surface area contributed by atoms with Gasteiger partial charge in [0, 0.05) is 42.1 Å². The van der Waals surface area contributed by atoms with Gasteiger partial charge in [-0.25, -0.2) is 18.4 Å². The zero-order valence-corrected chi connectivity index (χ0v) is 25.9. The molecule has 1 aliphatic carbocycles. The van der Waals surface area contributed by atoms with Gasteiger partial charge in [-0.15, -0.1) is 0 Å². The first-order valence-electron chi connectivity index (χ1n) is 15.2. The van der Waals surface area contributed by atoms with E-state index in [4.69, 9.17) is 5.73 Å². The van der Waals surface area contributed by atoms with Gasteiger partial charge in [0.15, 0.2) is 0 Å². The number of aryl methyl sites for hydroxylation is 3. The number of anilines is 3. The number of aromatic nitrogens is 2. The predicted octanol–water partition coefficient (Wildman–Crippen LogP) is 4.89. The van der Waals surface area contributed by atoms with E-state index in [-0.39, 0.29) is 28.6 Å². The fraction of sp³-hybridized carbons (Fsp3) is 0.294. The Morgan fingerprint density at radius 3 is 2.60 bits per heavy atom. The van der Waals surface area contributed by atoms with E-state index in [9.17, 15) is 18.0 Å². The highest BCUT2D eigenvalue weighted by Crippen LogP contribution is 2.37. The van der Waals surface area contributed by atoms with Crippen LogP contribution in [-0.4, -0.2) is 43.3 Å². The number of fused-ring (bicyclic) bond motifs is 1. The fourth-order valence-electron chi connectivity index (χ4n) is 5.60. The molecular formula is C34H36N6O4S. The summed E-state index contributed by atoms with van der Waals surface area (Å²) in [5, 5.41) is 2.95. The first kappa shape index (κ1) is 30.3. The van der Waals surface area contributed by atoms with Crippen LogP contribution in [0.3, 0.4) is 0 Å². The Kier molecular flexibility index (Phi) is 8.53. The number of benzene rings is 3. The summed E-state index contributed by atoms with van der Waals surface area (Å²) in [4.78, 5) is 35.8. The number of carbonyl (C=O) groups excluding carboxylic acids is 2. The van der Waals surface area contributed by atoms with Gasteiger partial charge in [0.2, 0.25) is 11.9 Å². The summed E-state index contributed by atoms with van der Waals surface area (Å²) in [6.07, 6.45) is 6.68. The molecule has 11 heteroatoms. The Balaban J connectivity index is 1.09. The van der Waals surface area contributed by atoms with Crippen molar-refractivity contribution in [2.45, 2.75) is 50.3 Å². The van der Waals surface area contributed by atoms with Crippen molar-refractivity contribution in [3.05, 3.63) is 95.3 Å². The summed E-state index contributed by atoms with van der Waals surface area (Å²) >= 11 is 0. The molecule has 0 radical (unpaired) electrons. The van der Waals surface area contributed by atoms with Crippen molar-refractivity contribution in [2.75, 3.05) is 28.4 Å². The largest absolute Gasteiger partial charge is 0.368 e. The zero-order chi connectivity index (χ0) is 31.6. The van der Waals surface area contributed by atoms with Gasteiger partial charge in [-0.1, -0.05) is 30.3 Å². The van der Waals surface area contributed by atoms with Crippen molar-refractivity contribution >= 4 is 39.2 Å². The maximum absolute atomic E-state index is 13.3. The normalized spacial score (nSPS) is 14.5. The summed E-state index contributed by atoms with van der Waals surface area (Å²) < 4.78 is 29.3. The van der Waals surface area contributed by atoms with E-state index in [1.807, 2.05) is 24.0 Å². The Labute approximate surface area is 263 Å². The number of carbonyl (C=O) groups is 2. The van der Waals surface area contributed by atoms with E-state index in [1.165, 1.54) is 0 Å². The number of amides is 2. The molecule has 3 aromatic carbocycles. The number of nitrogens with zero attached hydrogens (tertiary/aromatic N) is 3. The van der Waals surface area contributed by atoms with E-state index in [1.54, 1.807) is 60.8 Å². The lowest BCUT2D eigenvalue weighted by atomic mass is 10.0. The van der Waals surface area contributed by atoms with Gasteiger partial charge in [-0.2, -0.15) is 0 Å². The van der Waals surface area contributed by atoms with E-state index in [0.29, 0.717) is 37.2 Å². The highest BCUT2D eigenvalue weighted by molar-refractivity contribution is 7.92. The third-order valence-electron chi connectivity index (χ3n) is 8.24. The number of nitrogens with two attached hydrogens (primary N) is 1. The second-order valence-corrected chi connectivity index (χ2v) is 13.3. The average molecular weight is 625 g/mol. The first-order valence-corrected chi connectivity index (χ1v) is 16.7. The topological polar surface area (TPSA) is 147 Å². The number of hydrogen-bond donors (Lipinski definition) is 3. The van der Waals surface area contributed by atoms with Crippen LogP contribution in [0.4, 0.5) is 17.3 Å². The Morgan fingerprint density at radius 2 is 1.82 bits per heavy atom. The minimum Gasteiger partial charge on any atom is -0.368 e. The van der Waals surface area contributed by atoms with Gasteiger partial charge >= 0.3 is 0 Å². The standard InChI is InChI=1S/C34H36N6O4S/c1-22-21-37-34(35)38-30(22)8-3-17-36-32(41)27-6-2-5-26(19-27)23-12-15-29(16-13-23)45(43,44)39-28-14-11-24-7-4-18-40(31(24)20-28)33(42)25-9-10-25/h2,5-6,11-16,19-21,25,39H,3-4,7-10,17-18H2,1H3,(H,36,41)(H2,35,37,38). The minimum absolute atomic E-state index is 0.0933. The van der Waals surface area contributed by atoms with Crippen LogP contribution in [-0.2, 0) is 27.7 Å². The van der Waals surface area contributed by atoms with Crippen molar-refractivity contribution in [1.82, 2.24) is 15.3 Å². The summed E-state index contributed by atoms with van der Waals surface area (Å²) in [6, 6.07) is 19.2. The highest BCUT2D eigenvalue weighted by atomic mass is 32.2. The molecule has 0 spiro atoms. The highest BCUT2D eigenvalue weighted by Gasteiger charge is 2.35. The Hall–Kier alpha value is -4.77. The number of hydrogen-bond acceptors (Lipinski definition) is 7. The Bertz CT molecular complexity index is 1860. The molecule has 0 atom stereocenters. The lowest BCUT2D eigenvalue weighted by Crippen LogP contribution is -2.36. The Morgan fingerprint density at radius 1 is 1.02 bits per heavy atom. The van der Waals surface area contributed by atoms with Crippen molar-refractivity contribution in [2.24, 2.45) is 5.92 Å². The van der Waals surface area contributed by atoms with Crippen LogP contribution in [0.25, 0.3) is 11.1 Å². The van der Waals surface area contributed by atoms with Crippen molar-refractivity contribution in [1.29, 1.82) is 0 Å². The van der Waals surface area contributed by atoms with Crippen LogP contribution in [0.15, 0.2) is 77.8 Å². The van der Waals surface area contributed by atoms with Gasteiger partial charge in [-0.05, 0) is 104 Å². The van der Waals surface area contributed by atoms with Crippen LogP contribution in [0.2, 0.25) is 0 Å². The van der Waals surface area contributed by atoms with E-state index >= 15 is 0 Å². The molecule has 1 saturated carbocycles. The van der Waals surface area contributed by atoms with E-state index < -0.39 is 10.0 Å². The minimum atomic E-state index is -3.87. The van der Waals surface area contributed by atoms with Crippen molar-refractivity contribution < 1.29 is 18.0 Å². The van der Waals surface area contributed by atoms with Gasteiger partial charge in [0.05, 0.1) is 10.6 Å². The van der Waals surface area contributed by atoms with Gasteiger partial charge in [0.25, 0.3) is 15.9 Å². The molecule has 0 saturated heterocycles. The molecule has 10 nitrogen and oxygen atoms in total. The second-order valence-electron chi connectivity index (χ2n) is 11.6. The van der Waals surface area contributed by atoms with Crippen LogP contribution in [0, 0.1) is 12.8 Å². The average Bonchev–Trinajstić information content (AvgIpc) is 3.90. The maximum Gasteiger partial charge on any atom is 0.261 e. The molecule has 45 heavy (non-hydrogen) atoms. The first-order chi connectivity index (χ1) is 21.7. The molecule has 4 aromatic rings. The molecule has 232 valence electrons. The maximum atomic E-state index is 13.3. The molecule has 2 aliphatic rings. The number of sulfonamides is 1. The van der Waals surface area contributed by atoms with Gasteiger partial charge in [0.1, 0.15) is 0 Å². The molecule has 0 unspecified atom stereocenters. The third kappa shape index (κ3) is 6.99. The number of nitrogen functional groups attached to an aromatic ring is 1. The molecule has 1 aliphatic heterocycles. The molecule has 2 heterocycles. The fourth-order valence-corrected chi connectivity index (χ4v) is 6.65. The summed E-state index contributed by atoms with van der Waals surface area (Å²) in [7, 11) is -3.87. The zero-order valence-electron chi connectivity index (χ0n) is 25.1. The molecule has 4 N–H and O–H groups in total. The molecular weight excluding hydrogens is 588 g/mol. The SMILES string of the molecule is Cc1cnc(N)nc1CCCNC(=O)c1cccc(-c2ccc(S(=O)(=O)Nc3ccc4c(c3)N(C(=O)C3CC3)CCC4)cc2)c1. The summed E-state index contributed by atoms with van der Waals surface area (Å²) in [5.41, 5.74) is 11.9. The van der Waals surface area contributed by atoms with E-state index in [0.717, 1.165) is 59.3 Å². The molecule has 1 aromatic heterocycles. The van der Waals surface area contributed by atoms with Crippen LogP contribution in [0.5, 0.6) is 0 Å². The number of rotatable bonds is 10. The van der Waals surface area contributed by atoms with E-state index in [2.05, 4.69) is 20.0 Å². The molecule has 6 rings (SSSR count). The smallest absolute Gasteiger partial charge is 0.261 e.